The van der Waals surface area contributed by atoms with Crippen LogP contribution in [0, 0.1) is 0 Å². The lowest BCUT2D eigenvalue weighted by Gasteiger charge is -2.45. The molecule has 1 aromatic rings. The van der Waals surface area contributed by atoms with Crippen LogP contribution in [0.4, 0.5) is 11.4 Å². The van der Waals surface area contributed by atoms with Crippen molar-refractivity contribution in [2.24, 2.45) is 0 Å². The van der Waals surface area contributed by atoms with Crippen molar-refractivity contribution < 1.29 is 19.5 Å². The molecule has 2 aliphatic rings. The summed E-state index contributed by atoms with van der Waals surface area (Å²) in [6, 6.07) is 4.89. The number of hydrogen-bond acceptors (Lipinski definition) is 4. The van der Waals surface area contributed by atoms with Crippen molar-refractivity contribution in [2.75, 3.05) is 37.0 Å². The molecular weight excluding hydrogens is 310 g/mol. The third-order valence-corrected chi connectivity index (χ3v) is 4.58. The molecule has 0 radical (unpaired) electrons. The largest absolute Gasteiger partial charge is 0.480 e. The molecule has 0 unspecified atom stereocenters. The Hall–Kier alpha value is -2.57. The lowest BCUT2D eigenvalue weighted by molar-refractivity contribution is -0.137. The Morgan fingerprint density at radius 3 is 2.67 bits per heavy atom. The number of rotatable bonds is 3. The van der Waals surface area contributed by atoms with E-state index >= 15 is 0 Å². The number of benzene rings is 1. The fourth-order valence-corrected chi connectivity index (χ4v) is 3.45. The van der Waals surface area contributed by atoms with Crippen molar-refractivity contribution >= 4 is 29.2 Å². The van der Waals surface area contributed by atoms with Crippen LogP contribution in [0.25, 0.3) is 0 Å². The summed E-state index contributed by atoms with van der Waals surface area (Å²) in [7, 11) is 3.31. The molecule has 1 saturated heterocycles. The number of piperidine rings is 1. The van der Waals surface area contributed by atoms with E-state index < -0.39 is 12.5 Å². The van der Waals surface area contributed by atoms with Crippen LogP contribution in [-0.4, -0.2) is 61.0 Å². The van der Waals surface area contributed by atoms with Gasteiger partial charge in [0.2, 0.25) is 5.91 Å². The molecule has 3 rings (SSSR count). The van der Waals surface area contributed by atoms with Crippen LogP contribution in [0.5, 0.6) is 0 Å². The Bertz CT molecular complexity index is 701. The monoisotopic (exact) mass is 331 g/mol. The molecule has 128 valence electrons. The lowest BCUT2D eigenvalue weighted by Crippen LogP contribution is -2.56. The highest BCUT2D eigenvalue weighted by Gasteiger charge is 2.40. The van der Waals surface area contributed by atoms with Gasteiger partial charge in [-0.25, -0.2) is 0 Å². The van der Waals surface area contributed by atoms with Crippen LogP contribution in [0.15, 0.2) is 18.2 Å². The molecule has 0 spiro atoms. The fourth-order valence-electron chi connectivity index (χ4n) is 3.45. The van der Waals surface area contributed by atoms with Crippen molar-refractivity contribution in [3.8, 4) is 0 Å². The molecule has 0 aromatic heterocycles. The van der Waals surface area contributed by atoms with E-state index in [1.807, 2.05) is 11.0 Å². The third-order valence-electron chi connectivity index (χ3n) is 4.58. The van der Waals surface area contributed by atoms with Gasteiger partial charge in [-0.2, -0.15) is 0 Å². The van der Waals surface area contributed by atoms with Gasteiger partial charge in [0.1, 0.15) is 12.6 Å². The summed E-state index contributed by atoms with van der Waals surface area (Å²) in [5.41, 5.74) is 1.78. The molecule has 0 bridgehead atoms. The molecule has 2 heterocycles. The Morgan fingerprint density at radius 1 is 1.25 bits per heavy atom. The van der Waals surface area contributed by atoms with E-state index in [1.165, 1.54) is 9.80 Å². The zero-order valence-electron chi connectivity index (χ0n) is 13.9. The van der Waals surface area contributed by atoms with E-state index in [0.717, 1.165) is 31.5 Å². The Morgan fingerprint density at radius 2 is 2.00 bits per heavy atom. The van der Waals surface area contributed by atoms with Crippen LogP contribution in [0.3, 0.4) is 0 Å². The first-order valence-electron chi connectivity index (χ1n) is 8.05. The summed E-state index contributed by atoms with van der Waals surface area (Å²) in [6.45, 7) is 0.376. The maximum Gasteiger partial charge on any atom is 0.323 e. The number of carboxylic acids is 1. The highest BCUT2D eigenvalue weighted by molar-refractivity contribution is 6.09. The summed E-state index contributed by atoms with van der Waals surface area (Å²) < 4.78 is 0. The van der Waals surface area contributed by atoms with Crippen molar-refractivity contribution in [3.05, 3.63) is 23.8 Å². The van der Waals surface area contributed by atoms with E-state index in [1.54, 1.807) is 26.2 Å². The number of carboxylic acid groups (broad SMARTS) is 1. The first-order valence-corrected chi connectivity index (χ1v) is 8.05. The predicted octanol–water partition coefficient (Wildman–Crippen LogP) is 1.18. The molecule has 1 aromatic carbocycles. The molecule has 24 heavy (non-hydrogen) atoms. The zero-order valence-corrected chi connectivity index (χ0v) is 13.9. The smallest absolute Gasteiger partial charge is 0.323 e. The number of fused-ring (bicyclic) bond motifs is 3. The van der Waals surface area contributed by atoms with Gasteiger partial charge in [-0.05, 0) is 37.5 Å². The molecule has 1 fully saturated rings. The van der Waals surface area contributed by atoms with E-state index in [4.69, 9.17) is 0 Å². The quantitative estimate of drug-likeness (QED) is 0.899. The van der Waals surface area contributed by atoms with Crippen molar-refractivity contribution in [2.45, 2.75) is 25.3 Å². The number of nitrogens with zero attached hydrogens (tertiary/aromatic N) is 3. The first-order chi connectivity index (χ1) is 11.4. The number of carbonyl (C=O) groups excluding carboxylic acids is 2. The van der Waals surface area contributed by atoms with E-state index in [0.29, 0.717) is 11.3 Å². The summed E-state index contributed by atoms with van der Waals surface area (Å²) in [5, 5.41) is 9.19. The van der Waals surface area contributed by atoms with Gasteiger partial charge in [0.25, 0.3) is 5.91 Å². The van der Waals surface area contributed by atoms with Gasteiger partial charge >= 0.3 is 5.97 Å². The van der Waals surface area contributed by atoms with Gasteiger partial charge < -0.3 is 14.9 Å². The van der Waals surface area contributed by atoms with E-state index in [9.17, 15) is 19.5 Å². The average molecular weight is 331 g/mol. The maximum atomic E-state index is 12.8. The van der Waals surface area contributed by atoms with Crippen molar-refractivity contribution in [3.63, 3.8) is 0 Å². The van der Waals surface area contributed by atoms with Gasteiger partial charge in [-0.15, -0.1) is 0 Å². The van der Waals surface area contributed by atoms with Gasteiger partial charge in [0.05, 0.1) is 11.4 Å². The molecule has 1 N–H and O–H groups in total. The number of anilines is 2. The van der Waals surface area contributed by atoms with Crippen LogP contribution in [0.2, 0.25) is 0 Å². The minimum Gasteiger partial charge on any atom is -0.480 e. The summed E-state index contributed by atoms with van der Waals surface area (Å²) in [5.74, 6) is -1.44. The van der Waals surface area contributed by atoms with Crippen LogP contribution in [0.1, 0.15) is 29.6 Å². The van der Waals surface area contributed by atoms with Crippen molar-refractivity contribution in [1.29, 1.82) is 0 Å². The van der Waals surface area contributed by atoms with E-state index in [-0.39, 0.29) is 17.9 Å². The SMILES string of the molecule is CN(C)C(=O)c1ccc2c(c1)N(CC(=O)O)C(=O)[C@@H]1CCCCN21. The second-order valence-electron chi connectivity index (χ2n) is 6.43. The summed E-state index contributed by atoms with van der Waals surface area (Å²) in [6.07, 6.45) is 2.69. The number of carbonyl (C=O) groups is 3. The minimum atomic E-state index is -1.07. The van der Waals surface area contributed by atoms with Gasteiger partial charge in [-0.3, -0.25) is 19.3 Å². The Kier molecular flexibility index (Phi) is 4.17. The van der Waals surface area contributed by atoms with E-state index in [2.05, 4.69) is 0 Å². The second kappa shape index (κ2) is 6.14. The lowest BCUT2D eigenvalue weighted by atomic mass is 9.95. The highest BCUT2D eigenvalue weighted by Crippen LogP contribution is 2.40. The topological polar surface area (TPSA) is 81.2 Å². The summed E-state index contributed by atoms with van der Waals surface area (Å²) in [4.78, 5) is 41.0. The highest BCUT2D eigenvalue weighted by atomic mass is 16.4. The number of aliphatic carboxylic acids is 1. The predicted molar refractivity (Wildman–Crippen MR) is 89.4 cm³/mol. The molecule has 1 atom stereocenters. The molecule has 0 aliphatic carbocycles. The molecular formula is C17H21N3O4. The van der Waals surface area contributed by atoms with Crippen LogP contribution >= 0.6 is 0 Å². The van der Waals surface area contributed by atoms with Crippen molar-refractivity contribution in [1.82, 2.24) is 4.90 Å². The third kappa shape index (κ3) is 2.70. The molecule has 0 saturated carbocycles. The zero-order chi connectivity index (χ0) is 17.4. The summed E-state index contributed by atoms with van der Waals surface area (Å²) >= 11 is 0. The molecule has 2 amide bonds. The average Bonchev–Trinajstić information content (AvgIpc) is 2.57. The Labute approximate surface area is 140 Å². The Balaban J connectivity index is 2.09. The number of hydrogen-bond donors (Lipinski definition) is 1. The number of amides is 2. The molecule has 2 aliphatic heterocycles. The maximum absolute atomic E-state index is 12.8. The van der Waals surface area contributed by atoms with Gasteiger partial charge in [0.15, 0.2) is 0 Å². The first kappa shape index (κ1) is 16.3. The van der Waals surface area contributed by atoms with Gasteiger partial charge in [-0.1, -0.05) is 0 Å². The second-order valence-corrected chi connectivity index (χ2v) is 6.43. The van der Waals surface area contributed by atoms with Crippen LogP contribution in [-0.2, 0) is 9.59 Å². The molecule has 7 heteroatoms. The standard InChI is InChI=1S/C17H21N3O4/c1-18(2)16(23)11-6-7-12-14(9-11)20(10-15(21)22)17(24)13-5-3-4-8-19(12)13/h6-7,9,13H,3-5,8,10H2,1-2H3,(H,21,22)/t13-/m0/s1. The normalized spacial score (nSPS) is 19.6. The minimum absolute atomic E-state index is 0.179. The van der Waals surface area contributed by atoms with Crippen LogP contribution < -0.4 is 9.80 Å². The van der Waals surface area contributed by atoms with Gasteiger partial charge in [0, 0.05) is 26.2 Å². The fraction of sp³-hybridized carbons (Fsp3) is 0.471. The molecule has 7 nitrogen and oxygen atoms in total.